The van der Waals surface area contributed by atoms with Crippen molar-refractivity contribution < 1.29 is 4.79 Å². The van der Waals surface area contributed by atoms with Gasteiger partial charge in [-0.2, -0.15) is 0 Å². The second-order valence-electron chi connectivity index (χ2n) is 6.63. The van der Waals surface area contributed by atoms with Crippen LogP contribution < -0.4 is 0 Å². The van der Waals surface area contributed by atoms with Gasteiger partial charge in [0.2, 0.25) is 5.91 Å². The molecule has 0 spiro atoms. The molecule has 0 unspecified atom stereocenters. The molecule has 1 fully saturated rings. The maximum Gasteiger partial charge on any atom is 0.233 e. The van der Waals surface area contributed by atoms with E-state index >= 15 is 0 Å². The van der Waals surface area contributed by atoms with E-state index in [-0.39, 0.29) is 5.91 Å². The summed E-state index contributed by atoms with van der Waals surface area (Å²) in [5, 5.41) is 0.869. The Morgan fingerprint density at radius 1 is 1.20 bits per heavy atom. The van der Waals surface area contributed by atoms with Crippen LogP contribution in [0.4, 0.5) is 0 Å². The van der Waals surface area contributed by atoms with Crippen LogP contribution in [0.3, 0.4) is 0 Å². The lowest BCUT2D eigenvalue weighted by molar-refractivity contribution is -0.128. The van der Waals surface area contributed by atoms with Crippen LogP contribution in [-0.4, -0.2) is 64.2 Å². The molecule has 1 aromatic heterocycles. The molecule has 1 aromatic carbocycles. The van der Waals surface area contributed by atoms with Crippen molar-refractivity contribution in [3.8, 4) is 5.69 Å². The van der Waals surface area contributed by atoms with Crippen molar-refractivity contribution in [1.29, 1.82) is 0 Å². The number of carbonyl (C=O) groups is 1. The van der Waals surface area contributed by atoms with E-state index in [9.17, 15) is 4.79 Å². The van der Waals surface area contributed by atoms with Gasteiger partial charge in [-0.15, -0.1) is 0 Å². The van der Waals surface area contributed by atoms with Gasteiger partial charge in [0.1, 0.15) is 0 Å². The summed E-state index contributed by atoms with van der Waals surface area (Å²) in [6.45, 7) is 7.93. The maximum atomic E-state index is 12.6. The summed E-state index contributed by atoms with van der Waals surface area (Å²) in [6, 6.07) is 6.27. The summed E-state index contributed by atoms with van der Waals surface area (Å²) in [7, 11) is 2.11. The van der Waals surface area contributed by atoms with Crippen LogP contribution in [0, 0.1) is 13.8 Å². The van der Waals surface area contributed by atoms with Crippen LogP contribution in [-0.2, 0) is 4.79 Å². The highest BCUT2D eigenvalue weighted by Crippen LogP contribution is 2.24. The molecule has 1 aliphatic rings. The van der Waals surface area contributed by atoms with Gasteiger partial charge in [0, 0.05) is 32.0 Å². The van der Waals surface area contributed by atoms with Gasteiger partial charge in [-0.25, -0.2) is 4.98 Å². The molecule has 134 valence electrons. The monoisotopic (exact) mass is 358 g/mol. The van der Waals surface area contributed by atoms with Crippen LogP contribution in [0.5, 0.6) is 0 Å². The molecular weight excluding hydrogens is 332 g/mol. The summed E-state index contributed by atoms with van der Waals surface area (Å²) in [5.41, 5.74) is 3.62. The van der Waals surface area contributed by atoms with Gasteiger partial charge in [-0.3, -0.25) is 9.36 Å². The molecule has 1 aliphatic heterocycles. The highest BCUT2D eigenvalue weighted by molar-refractivity contribution is 7.99. The van der Waals surface area contributed by atoms with Crippen LogP contribution in [0.1, 0.15) is 17.5 Å². The van der Waals surface area contributed by atoms with E-state index in [1.165, 1.54) is 22.9 Å². The van der Waals surface area contributed by atoms with Gasteiger partial charge in [0.15, 0.2) is 5.16 Å². The summed E-state index contributed by atoms with van der Waals surface area (Å²) in [5.74, 6) is 0.641. The second-order valence-corrected chi connectivity index (χ2v) is 7.57. The van der Waals surface area contributed by atoms with Crippen molar-refractivity contribution in [1.82, 2.24) is 19.4 Å². The third-order valence-corrected chi connectivity index (χ3v) is 5.79. The first-order chi connectivity index (χ1) is 12.1. The number of amides is 1. The fourth-order valence-electron chi connectivity index (χ4n) is 3.09. The van der Waals surface area contributed by atoms with Gasteiger partial charge in [0.25, 0.3) is 0 Å². The minimum atomic E-state index is 0.204. The van der Waals surface area contributed by atoms with Gasteiger partial charge in [-0.1, -0.05) is 23.9 Å². The molecule has 1 amide bonds. The Labute approximate surface area is 154 Å². The zero-order valence-electron chi connectivity index (χ0n) is 15.2. The van der Waals surface area contributed by atoms with Gasteiger partial charge < -0.3 is 9.80 Å². The van der Waals surface area contributed by atoms with E-state index in [1.54, 1.807) is 6.20 Å². The fourth-order valence-corrected chi connectivity index (χ4v) is 3.96. The molecule has 3 rings (SSSR count). The molecule has 2 aromatic rings. The SMILES string of the molecule is Cc1cccc(-n2ccnc2SCC(=O)N2CCCN(C)CC2)c1C. The van der Waals surface area contributed by atoms with Gasteiger partial charge in [0.05, 0.1) is 11.4 Å². The first-order valence-corrected chi connectivity index (χ1v) is 9.74. The number of nitrogens with zero attached hydrogens (tertiary/aromatic N) is 4. The second kappa shape index (κ2) is 8.06. The Kier molecular flexibility index (Phi) is 5.81. The predicted molar refractivity (Wildman–Crippen MR) is 102 cm³/mol. The third kappa shape index (κ3) is 4.25. The summed E-state index contributed by atoms with van der Waals surface area (Å²) < 4.78 is 2.08. The average Bonchev–Trinajstić information content (AvgIpc) is 2.95. The number of aryl methyl sites for hydroxylation is 1. The van der Waals surface area contributed by atoms with Crippen molar-refractivity contribution >= 4 is 17.7 Å². The molecule has 1 saturated heterocycles. The van der Waals surface area contributed by atoms with Crippen LogP contribution in [0.15, 0.2) is 35.7 Å². The van der Waals surface area contributed by atoms with E-state index in [0.29, 0.717) is 5.75 Å². The molecule has 0 atom stereocenters. The number of thioether (sulfide) groups is 1. The molecular formula is C19H26N4OS. The first kappa shape index (κ1) is 18.0. The number of hydrogen-bond acceptors (Lipinski definition) is 4. The topological polar surface area (TPSA) is 41.4 Å². The predicted octanol–water partition coefficient (Wildman–Crippen LogP) is 2.75. The minimum absolute atomic E-state index is 0.204. The normalized spacial score (nSPS) is 16.0. The van der Waals surface area contributed by atoms with Crippen LogP contribution >= 0.6 is 11.8 Å². The molecule has 6 heteroatoms. The highest BCUT2D eigenvalue weighted by atomic mass is 32.2. The zero-order valence-corrected chi connectivity index (χ0v) is 16.1. The molecule has 0 bridgehead atoms. The van der Waals surface area contributed by atoms with E-state index in [1.807, 2.05) is 11.1 Å². The standard InChI is InChI=1S/C19H26N4OS/c1-15-6-4-7-17(16(15)2)23-11-8-20-19(23)25-14-18(24)22-10-5-9-21(3)12-13-22/h4,6-8,11H,5,9-10,12-14H2,1-3H3. The molecule has 0 radical (unpaired) electrons. The number of likely N-dealkylation sites (N-methyl/N-ethyl adjacent to an activating group) is 1. The lowest BCUT2D eigenvalue weighted by Crippen LogP contribution is -2.35. The summed E-state index contributed by atoms with van der Waals surface area (Å²) in [4.78, 5) is 21.3. The smallest absolute Gasteiger partial charge is 0.233 e. The van der Waals surface area contributed by atoms with E-state index in [0.717, 1.165) is 43.4 Å². The number of rotatable bonds is 4. The van der Waals surface area contributed by atoms with Crippen LogP contribution in [0.2, 0.25) is 0 Å². The number of benzene rings is 1. The van der Waals surface area contributed by atoms with Gasteiger partial charge >= 0.3 is 0 Å². The largest absolute Gasteiger partial charge is 0.341 e. The summed E-state index contributed by atoms with van der Waals surface area (Å²) >= 11 is 1.52. The van der Waals surface area contributed by atoms with Crippen molar-refractivity contribution in [3.63, 3.8) is 0 Å². The lowest BCUT2D eigenvalue weighted by Gasteiger charge is -2.20. The Balaban J connectivity index is 1.67. The van der Waals surface area contributed by atoms with E-state index in [4.69, 9.17) is 0 Å². The minimum Gasteiger partial charge on any atom is -0.341 e. The average molecular weight is 359 g/mol. The lowest BCUT2D eigenvalue weighted by atomic mass is 10.1. The Morgan fingerprint density at radius 2 is 2.04 bits per heavy atom. The number of aromatic nitrogens is 2. The highest BCUT2D eigenvalue weighted by Gasteiger charge is 2.18. The maximum absolute atomic E-state index is 12.6. The number of carbonyl (C=O) groups excluding carboxylic acids is 1. The summed E-state index contributed by atoms with van der Waals surface area (Å²) in [6.07, 6.45) is 4.81. The van der Waals surface area contributed by atoms with Crippen molar-refractivity contribution in [2.75, 3.05) is 39.0 Å². The van der Waals surface area contributed by atoms with Crippen molar-refractivity contribution in [3.05, 3.63) is 41.7 Å². The Bertz CT molecular complexity index is 743. The number of hydrogen-bond donors (Lipinski definition) is 0. The Morgan fingerprint density at radius 3 is 2.88 bits per heavy atom. The molecule has 0 saturated carbocycles. The molecule has 5 nitrogen and oxygen atoms in total. The first-order valence-electron chi connectivity index (χ1n) is 8.75. The van der Waals surface area contributed by atoms with Crippen LogP contribution in [0.25, 0.3) is 5.69 Å². The van der Waals surface area contributed by atoms with E-state index < -0.39 is 0 Å². The fraction of sp³-hybridized carbons (Fsp3) is 0.474. The Hall–Kier alpha value is -1.79. The molecule has 0 N–H and O–H groups in total. The number of imidazole rings is 1. The molecule has 2 heterocycles. The molecule has 25 heavy (non-hydrogen) atoms. The van der Waals surface area contributed by atoms with E-state index in [2.05, 4.69) is 53.5 Å². The van der Waals surface area contributed by atoms with Crippen molar-refractivity contribution in [2.24, 2.45) is 0 Å². The quantitative estimate of drug-likeness (QED) is 0.788. The van der Waals surface area contributed by atoms with Gasteiger partial charge in [-0.05, 0) is 51.1 Å². The van der Waals surface area contributed by atoms with Crippen molar-refractivity contribution in [2.45, 2.75) is 25.4 Å². The zero-order chi connectivity index (χ0) is 17.8. The third-order valence-electron chi connectivity index (χ3n) is 4.84. The molecule has 0 aliphatic carbocycles.